The van der Waals surface area contributed by atoms with Gasteiger partial charge in [0.05, 0.1) is 12.2 Å². The summed E-state index contributed by atoms with van der Waals surface area (Å²) in [6.07, 6.45) is 3.21. The lowest BCUT2D eigenvalue weighted by atomic mass is 9.90. The molecular weight excluding hydrogens is 422 g/mol. The van der Waals surface area contributed by atoms with Gasteiger partial charge in [-0.25, -0.2) is 0 Å². The van der Waals surface area contributed by atoms with Crippen LogP contribution in [0.4, 0.5) is 0 Å². The van der Waals surface area contributed by atoms with Gasteiger partial charge in [0, 0.05) is 18.2 Å². The van der Waals surface area contributed by atoms with Crippen molar-refractivity contribution in [1.29, 1.82) is 0 Å². The van der Waals surface area contributed by atoms with E-state index in [0.29, 0.717) is 13.2 Å². The van der Waals surface area contributed by atoms with Crippen LogP contribution in [0.15, 0.2) is 72.8 Å². The summed E-state index contributed by atoms with van der Waals surface area (Å²) in [6, 6.07) is 24.6. The van der Waals surface area contributed by atoms with E-state index >= 15 is 0 Å². The molecule has 1 atom stereocenters. The summed E-state index contributed by atoms with van der Waals surface area (Å²) in [6.45, 7) is 6.08. The van der Waals surface area contributed by atoms with E-state index in [2.05, 4.69) is 45.5 Å². The first-order valence-corrected chi connectivity index (χ1v) is 12.3. The highest BCUT2D eigenvalue weighted by Gasteiger charge is 2.58. The number of aromatic nitrogens is 1. The molecule has 176 valence electrons. The van der Waals surface area contributed by atoms with Gasteiger partial charge in [0.1, 0.15) is 12.4 Å². The summed E-state index contributed by atoms with van der Waals surface area (Å²) in [5.74, 6) is 1.27. The van der Waals surface area contributed by atoms with E-state index in [9.17, 15) is 4.79 Å². The fourth-order valence-electron chi connectivity index (χ4n) is 5.16. The molecule has 2 heterocycles. The van der Waals surface area contributed by atoms with Crippen LogP contribution in [0.1, 0.15) is 41.8 Å². The molecule has 0 bridgehead atoms. The summed E-state index contributed by atoms with van der Waals surface area (Å²) in [4.78, 5) is 19.7. The number of nitrogens with zero attached hydrogens (tertiary/aromatic N) is 2. The molecule has 1 saturated heterocycles. The fourth-order valence-corrected chi connectivity index (χ4v) is 5.16. The molecule has 1 N–H and O–H groups in total. The van der Waals surface area contributed by atoms with Gasteiger partial charge in [-0.3, -0.25) is 14.7 Å². The normalized spacial score (nSPS) is 19.0. The van der Waals surface area contributed by atoms with Crippen molar-refractivity contribution in [3.63, 3.8) is 0 Å². The van der Waals surface area contributed by atoms with Crippen molar-refractivity contribution in [3.8, 4) is 5.75 Å². The predicted molar refractivity (Wildman–Crippen MR) is 133 cm³/mol. The number of carbonyl (C=O) groups is 1. The molecule has 1 unspecified atom stereocenters. The summed E-state index contributed by atoms with van der Waals surface area (Å²) >= 11 is 0. The molecule has 1 spiro atoms. The van der Waals surface area contributed by atoms with E-state index in [4.69, 9.17) is 4.74 Å². The smallest absolute Gasteiger partial charge is 0.224 e. The molecule has 2 fully saturated rings. The molecule has 34 heavy (non-hydrogen) atoms. The molecule has 5 heteroatoms. The standard InChI is InChI=1S/C29H33N3O2/c1-22-7-5-11-25(31-22)19-30-28(33)27-18-29(27)13-15-32(16-14-29)20-24-10-6-12-26(17-24)34-21-23-8-3-2-4-9-23/h2-12,17,27H,13-16,18-21H2,1H3,(H,30,33). The van der Waals surface area contributed by atoms with Crippen LogP contribution < -0.4 is 10.1 Å². The average molecular weight is 456 g/mol. The Morgan fingerprint density at radius 2 is 1.79 bits per heavy atom. The highest BCUT2D eigenvalue weighted by molar-refractivity contribution is 5.82. The van der Waals surface area contributed by atoms with Gasteiger partial charge >= 0.3 is 0 Å². The Morgan fingerprint density at radius 1 is 1.03 bits per heavy atom. The monoisotopic (exact) mass is 455 g/mol. The van der Waals surface area contributed by atoms with Crippen LogP contribution in [-0.4, -0.2) is 28.9 Å². The van der Waals surface area contributed by atoms with Gasteiger partial charge in [-0.2, -0.15) is 0 Å². The molecular formula is C29H33N3O2. The van der Waals surface area contributed by atoms with Crippen LogP contribution in [0.25, 0.3) is 0 Å². The number of hydrogen-bond acceptors (Lipinski definition) is 4. The number of hydrogen-bond donors (Lipinski definition) is 1. The first-order valence-electron chi connectivity index (χ1n) is 12.3. The number of likely N-dealkylation sites (tertiary alicyclic amines) is 1. The molecule has 1 aromatic heterocycles. The average Bonchev–Trinajstić information content (AvgIpc) is 3.57. The minimum atomic E-state index is 0.161. The Labute approximate surface area is 202 Å². The summed E-state index contributed by atoms with van der Waals surface area (Å²) in [7, 11) is 0. The second-order valence-corrected chi connectivity index (χ2v) is 9.81. The Bertz CT molecular complexity index is 1120. The number of nitrogens with one attached hydrogen (secondary N) is 1. The number of ether oxygens (including phenoxy) is 1. The van der Waals surface area contributed by atoms with Crippen LogP contribution in [0.2, 0.25) is 0 Å². The minimum Gasteiger partial charge on any atom is -0.489 e. The third kappa shape index (κ3) is 5.48. The Kier molecular flexibility index (Phi) is 6.63. The number of aryl methyl sites for hydroxylation is 1. The zero-order valence-electron chi connectivity index (χ0n) is 19.9. The maximum Gasteiger partial charge on any atom is 0.224 e. The molecule has 2 aliphatic rings. The first kappa shape index (κ1) is 22.6. The second kappa shape index (κ2) is 9.98. The third-order valence-corrected chi connectivity index (χ3v) is 7.30. The Balaban J connectivity index is 1.08. The second-order valence-electron chi connectivity index (χ2n) is 9.81. The van der Waals surface area contributed by atoms with Crippen molar-refractivity contribution >= 4 is 5.91 Å². The first-order chi connectivity index (χ1) is 16.6. The van der Waals surface area contributed by atoms with Gasteiger partial charge in [-0.1, -0.05) is 48.5 Å². The van der Waals surface area contributed by atoms with E-state index in [1.807, 2.05) is 49.4 Å². The highest BCUT2D eigenvalue weighted by Crippen LogP contribution is 2.59. The molecule has 5 nitrogen and oxygen atoms in total. The van der Waals surface area contributed by atoms with Crippen LogP contribution in [0.3, 0.4) is 0 Å². The largest absolute Gasteiger partial charge is 0.489 e. The van der Waals surface area contributed by atoms with E-state index < -0.39 is 0 Å². The minimum absolute atomic E-state index is 0.161. The molecule has 3 aromatic rings. The van der Waals surface area contributed by atoms with Gasteiger partial charge in [-0.15, -0.1) is 0 Å². The van der Waals surface area contributed by atoms with Crippen LogP contribution in [0, 0.1) is 18.3 Å². The number of benzene rings is 2. The maximum atomic E-state index is 12.7. The Morgan fingerprint density at radius 3 is 2.59 bits per heavy atom. The zero-order chi connectivity index (χ0) is 23.4. The molecule has 1 aliphatic carbocycles. The SMILES string of the molecule is Cc1cccc(CNC(=O)C2CC23CCN(Cc2cccc(OCc4ccccc4)c2)CC3)n1. The fraction of sp³-hybridized carbons (Fsp3) is 0.379. The van der Waals surface area contributed by atoms with Crippen LogP contribution in [-0.2, 0) is 24.5 Å². The van der Waals surface area contributed by atoms with E-state index in [0.717, 1.165) is 56.0 Å². The number of pyridine rings is 1. The van der Waals surface area contributed by atoms with Gasteiger partial charge in [-0.05, 0) is 80.1 Å². The highest BCUT2D eigenvalue weighted by atomic mass is 16.5. The van der Waals surface area contributed by atoms with Gasteiger partial charge in [0.25, 0.3) is 0 Å². The van der Waals surface area contributed by atoms with Crippen molar-refractivity contribution in [2.75, 3.05) is 13.1 Å². The quantitative estimate of drug-likeness (QED) is 0.526. The number of rotatable bonds is 8. The topological polar surface area (TPSA) is 54.5 Å². The third-order valence-electron chi connectivity index (χ3n) is 7.30. The molecule has 2 aromatic carbocycles. The van der Waals surface area contributed by atoms with Gasteiger partial charge in [0.2, 0.25) is 5.91 Å². The van der Waals surface area contributed by atoms with Crippen LogP contribution >= 0.6 is 0 Å². The predicted octanol–water partition coefficient (Wildman–Crippen LogP) is 4.89. The zero-order valence-corrected chi connectivity index (χ0v) is 19.9. The van der Waals surface area contributed by atoms with Crippen LogP contribution in [0.5, 0.6) is 5.75 Å². The molecule has 1 amide bonds. The van der Waals surface area contributed by atoms with Gasteiger partial charge < -0.3 is 10.1 Å². The van der Waals surface area contributed by atoms with Crippen molar-refractivity contribution in [3.05, 3.63) is 95.3 Å². The lowest BCUT2D eigenvalue weighted by molar-refractivity contribution is -0.123. The lowest BCUT2D eigenvalue weighted by Crippen LogP contribution is -2.36. The summed E-state index contributed by atoms with van der Waals surface area (Å²) < 4.78 is 6.00. The molecule has 1 saturated carbocycles. The van der Waals surface area contributed by atoms with Crippen molar-refractivity contribution in [2.24, 2.45) is 11.3 Å². The maximum absolute atomic E-state index is 12.7. The van der Waals surface area contributed by atoms with Crippen molar-refractivity contribution < 1.29 is 9.53 Å². The van der Waals surface area contributed by atoms with Crippen molar-refractivity contribution in [1.82, 2.24) is 15.2 Å². The Hall–Kier alpha value is -3.18. The summed E-state index contributed by atoms with van der Waals surface area (Å²) in [5.41, 5.74) is 4.56. The van der Waals surface area contributed by atoms with Crippen molar-refractivity contribution in [2.45, 2.75) is 45.9 Å². The summed E-state index contributed by atoms with van der Waals surface area (Å²) in [5, 5.41) is 3.11. The van der Waals surface area contributed by atoms with E-state index in [1.165, 1.54) is 11.1 Å². The number of piperidine rings is 1. The molecule has 1 aliphatic heterocycles. The van der Waals surface area contributed by atoms with E-state index in [-0.39, 0.29) is 17.2 Å². The molecule has 0 radical (unpaired) electrons. The number of carbonyl (C=O) groups excluding carboxylic acids is 1. The van der Waals surface area contributed by atoms with E-state index in [1.54, 1.807) is 0 Å². The van der Waals surface area contributed by atoms with Gasteiger partial charge in [0.15, 0.2) is 0 Å². The lowest BCUT2D eigenvalue weighted by Gasteiger charge is -2.32. The molecule has 5 rings (SSSR count). The number of amides is 1.